The molecule has 0 unspecified atom stereocenters. The van der Waals surface area contributed by atoms with E-state index in [0.29, 0.717) is 25.6 Å². The Hall–Kier alpha value is -1.89. The molecule has 2 rings (SSSR count). The molecule has 3 N–H and O–H groups in total. The summed E-state index contributed by atoms with van der Waals surface area (Å²) in [4.78, 5) is 6.34. The fourth-order valence-electron chi connectivity index (χ4n) is 2.79. The summed E-state index contributed by atoms with van der Waals surface area (Å²) in [5.41, 5.74) is 0.930. The van der Waals surface area contributed by atoms with Crippen LogP contribution in [0.25, 0.3) is 0 Å². The van der Waals surface area contributed by atoms with Crippen molar-refractivity contribution >= 4 is 5.96 Å². The third kappa shape index (κ3) is 6.31. The number of guanidine groups is 1. The van der Waals surface area contributed by atoms with E-state index in [1.165, 1.54) is 0 Å². The van der Waals surface area contributed by atoms with Crippen LogP contribution in [0.1, 0.15) is 25.3 Å². The largest absolute Gasteiger partial charge is 0.508 e. The Bertz CT molecular complexity index is 531. The minimum atomic E-state index is -2.27. The molecule has 0 aliphatic carbocycles. The normalized spacial score (nSPS) is 17.2. The number of aliphatic imine (C=N–C) groups is 1. The van der Waals surface area contributed by atoms with Gasteiger partial charge in [-0.25, -0.2) is 13.8 Å². The summed E-state index contributed by atoms with van der Waals surface area (Å²) in [7, 11) is 0. The van der Waals surface area contributed by atoms with Crippen molar-refractivity contribution < 1.29 is 13.9 Å². The van der Waals surface area contributed by atoms with E-state index in [4.69, 9.17) is 0 Å². The molecule has 1 saturated heterocycles. The standard InChI is InChI=1S/C17H26F2N4O/c1-2-20-17(21-11-13-4-3-5-15(24)10-13)22-14-6-8-23(9-7-14)12-16(18)19/h3-5,10,14,16,24H,2,6-9,11-12H2,1H3,(H2,20,21,22). The smallest absolute Gasteiger partial charge is 0.251 e. The molecule has 0 aromatic heterocycles. The molecular formula is C17H26F2N4O. The average molecular weight is 340 g/mol. The molecule has 0 atom stereocenters. The summed E-state index contributed by atoms with van der Waals surface area (Å²) < 4.78 is 24.8. The molecule has 0 spiro atoms. The van der Waals surface area contributed by atoms with E-state index in [-0.39, 0.29) is 18.3 Å². The van der Waals surface area contributed by atoms with Crippen LogP contribution in [0.4, 0.5) is 8.78 Å². The van der Waals surface area contributed by atoms with Crippen LogP contribution in [0.15, 0.2) is 29.3 Å². The van der Waals surface area contributed by atoms with E-state index < -0.39 is 6.43 Å². The van der Waals surface area contributed by atoms with Crippen LogP contribution in [0.2, 0.25) is 0 Å². The maximum absolute atomic E-state index is 12.4. The molecule has 0 bridgehead atoms. The second-order valence-electron chi connectivity index (χ2n) is 5.98. The molecule has 0 amide bonds. The van der Waals surface area contributed by atoms with Gasteiger partial charge in [0.15, 0.2) is 5.96 Å². The SMILES string of the molecule is CCNC(=NCc1cccc(O)c1)NC1CCN(CC(F)F)CC1. The Labute approximate surface area is 141 Å². The molecule has 1 aromatic carbocycles. The molecule has 1 heterocycles. The van der Waals surface area contributed by atoms with Crippen LogP contribution in [-0.4, -0.2) is 54.6 Å². The Morgan fingerprint density at radius 1 is 1.38 bits per heavy atom. The van der Waals surface area contributed by atoms with Crippen LogP contribution in [0.5, 0.6) is 5.75 Å². The number of rotatable bonds is 6. The number of aromatic hydroxyl groups is 1. The Balaban J connectivity index is 1.86. The number of nitrogens with zero attached hydrogens (tertiary/aromatic N) is 2. The van der Waals surface area contributed by atoms with Crippen molar-refractivity contribution in [3.05, 3.63) is 29.8 Å². The zero-order valence-corrected chi connectivity index (χ0v) is 14.0. The van der Waals surface area contributed by atoms with E-state index in [0.717, 1.165) is 24.9 Å². The average Bonchev–Trinajstić information content (AvgIpc) is 2.54. The van der Waals surface area contributed by atoms with Gasteiger partial charge in [-0.15, -0.1) is 0 Å². The van der Waals surface area contributed by atoms with Crippen LogP contribution in [0.3, 0.4) is 0 Å². The number of piperidine rings is 1. The lowest BCUT2D eigenvalue weighted by molar-refractivity contribution is 0.0744. The minimum absolute atomic E-state index is 0.140. The maximum Gasteiger partial charge on any atom is 0.251 e. The highest BCUT2D eigenvalue weighted by Crippen LogP contribution is 2.13. The molecule has 134 valence electrons. The number of phenols is 1. The first-order valence-electron chi connectivity index (χ1n) is 8.40. The van der Waals surface area contributed by atoms with E-state index >= 15 is 0 Å². The molecule has 5 nitrogen and oxygen atoms in total. The van der Waals surface area contributed by atoms with Crippen LogP contribution >= 0.6 is 0 Å². The van der Waals surface area contributed by atoms with Gasteiger partial charge in [-0.05, 0) is 37.5 Å². The number of likely N-dealkylation sites (tertiary alicyclic amines) is 1. The van der Waals surface area contributed by atoms with Gasteiger partial charge in [0.05, 0.1) is 13.1 Å². The van der Waals surface area contributed by atoms with E-state index in [1.807, 2.05) is 13.0 Å². The molecule has 7 heteroatoms. The monoisotopic (exact) mass is 340 g/mol. The number of nitrogens with one attached hydrogen (secondary N) is 2. The highest BCUT2D eigenvalue weighted by atomic mass is 19.3. The van der Waals surface area contributed by atoms with Gasteiger partial charge in [0.2, 0.25) is 0 Å². The number of phenolic OH excluding ortho intramolecular Hbond substituents is 1. The summed E-state index contributed by atoms with van der Waals surface area (Å²) in [6, 6.07) is 7.26. The molecule has 0 radical (unpaired) electrons. The van der Waals surface area contributed by atoms with Gasteiger partial charge in [-0.1, -0.05) is 12.1 Å². The van der Waals surface area contributed by atoms with Gasteiger partial charge in [-0.2, -0.15) is 0 Å². The van der Waals surface area contributed by atoms with Crippen molar-refractivity contribution in [1.82, 2.24) is 15.5 Å². The van der Waals surface area contributed by atoms with E-state index in [9.17, 15) is 13.9 Å². The van der Waals surface area contributed by atoms with Crippen molar-refractivity contribution in [1.29, 1.82) is 0 Å². The van der Waals surface area contributed by atoms with Gasteiger partial charge in [-0.3, -0.25) is 4.90 Å². The minimum Gasteiger partial charge on any atom is -0.508 e. The van der Waals surface area contributed by atoms with Gasteiger partial charge in [0.25, 0.3) is 6.43 Å². The highest BCUT2D eigenvalue weighted by Gasteiger charge is 2.21. The number of hydrogen-bond acceptors (Lipinski definition) is 3. The van der Waals surface area contributed by atoms with Crippen LogP contribution < -0.4 is 10.6 Å². The Morgan fingerprint density at radius 3 is 2.75 bits per heavy atom. The summed E-state index contributed by atoms with van der Waals surface area (Å²) in [5, 5.41) is 16.1. The lowest BCUT2D eigenvalue weighted by Crippen LogP contribution is -2.49. The first-order chi connectivity index (χ1) is 11.6. The van der Waals surface area contributed by atoms with Gasteiger partial charge in [0.1, 0.15) is 5.75 Å². The first-order valence-corrected chi connectivity index (χ1v) is 8.40. The third-order valence-electron chi connectivity index (χ3n) is 4.00. The van der Waals surface area contributed by atoms with Gasteiger partial charge < -0.3 is 15.7 Å². The maximum atomic E-state index is 12.4. The molecule has 1 aliphatic heterocycles. The molecule has 1 fully saturated rings. The second kappa shape index (κ2) is 9.42. The number of benzene rings is 1. The summed E-state index contributed by atoms with van der Waals surface area (Å²) in [6.45, 7) is 4.42. The van der Waals surface area contributed by atoms with Crippen molar-refractivity contribution in [3.63, 3.8) is 0 Å². The predicted molar refractivity (Wildman–Crippen MR) is 91.5 cm³/mol. The number of halogens is 2. The molecule has 0 saturated carbocycles. The van der Waals surface area contributed by atoms with E-state index in [2.05, 4.69) is 15.6 Å². The molecule has 24 heavy (non-hydrogen) atoms. The van der Waals surface area contributed by atoms with Gasteiger partial charge in [0, 0.05) is 25.7 Å². The lowest BCUT2D eigenvalue weighted by Gasteiger charge is -2.32. The summed E-state index contributed by atoms with van der Waals surface area (Å²) in [5.74, 6) is 0.945. The Kier molecular flexibility index (Phi) is 7.24. The van der Waals surface area contributed by atoms with Crippen molar-refractivity contribution in [2.75, 3.05) is 26.2 Å². The van der Waals surface area contributed by atoms with Crippen molar-refractivity contribution in [2.24, 2.45) is 4.99 Å². The van der Waals surface area contributed by atoms with Gasteiger partial charge >= 0.3 is 0 Å². The Morgan fingerprint density at radius 2 is 2.12 bits per heavy atom. The molecule has 1 aromatic rings. The number of hydrogen-bond donors (Lipinski definition) is 3. The summed E-state index contributed by atoms with van der Waals surface area (Å²) in [6.07, 6.45) is -0.623. The molecule has 1 aliphatic rings. The van der Waals surface area contributed by atoms with E-state index in [1.54, 1.807) is 23.1 Å². The first kappa shape index (κ1) is 18.4. The second-order valence-corrected chi connectivity index (χ2v) is 5.98. The van der Waals surface area contributed by atoms with Crippen molar-refractivity contribution in [3.8, 4) is 5.75 Å². The lowest BCUT2D eigenvalue weighted by atomic mass is 10.1. The quantitative estimate of drug-likeness (QED) is 0.549. The van der Waals surface area contributed by atoms with Crippen molar-refractivity contribution in [2.45, 2.75) is 38.8 Å². The fourth-order valence-corrected chi connectivity index (χ4v) is 2.79. The summed E-state index contributed by atoms with van der Waals surface area (Å²) >= 11 is 0. The van der Waals surface area contributed by atoms with Crippen LogP contribution in [-0.2, 0) is 6.54 Å². The zero-order chi connectivity index (χ0) is 17.4. The highest BCUT2D eigenvalue weighted by molar-refractivity contribution is 5.80. The van der Waals surface area contributed by atoms with Crippen LogP contribution in [0, 0.1) is 0 Å². The number of alkyl halides is 2. The third-order valence-corrected chi connectivity index (χ3v) is 4.00. The zero-order valence-electron chi connectivity index (χ0n) is 14.0. The fraction of sp³-hybridized carbons (Fsp3) is 0.588. The molecular weight excluding hydrogens is 314 g/mol. The predicted octanol–water partition coefficient (Wildman–Crippen LogP) is 2.18. The topological polar surface area (TPSA) is 59.9 Å².